The average molecular weight is 534 g/mol. The molecule has 8 nitrogen and oxygen atoms in total. The van der Waals surface area contributed by atoms with E-state index in [0.29, 0.717) is 30.9 Å². The second kappa shape index (κ2) is 8.59. The van der Waals surface area contributed by atoms with Gasteiger partial charge in [0, 0.05) is 24.1 Å². The molecule has 4 aliphatic heterocycles. The zero-order valence-corrected chi connectivity index (χ0v) is 21.4. The summed E-state index contributed by atoms with van der Waals surface area (Å²) in [5.74, 6) is 0.694. The van der Waals surface area contributed by atoms with E-state index in [1.165, 1.54) is 12.2 Å². The summed E-state index contributed by atoms with van der Waals surface area (Å²) in [7, 11) is 3.04. The molecule has 4 heterocycles. The number of alkyl halides is 3. The number of rotatable bonds is 4. The van der Waals surface area contributed by atoms with E-state index in [2.05, 4.69) is 6.92 Å². The van der Waals surface area contributed by atoms with Crippen molar-refractivity contribution in [3.8, 4) is 5.75 Å². The summed E-state index contributed by atoms with van der Waals surface area (Å²) in [5.41, 5.74) is 0.466. The molecule has 6 rings (SSSR count). The van der Waals surface area contributed by atoms with E-state index in [1.807, 2.05) is 12.1 Å². The Hall–Kier alpha value is -1.45. The third-order valence-corrected chi connectivity index (χ3v) is 8.28. The first-order chi connectivity index (χ1) is 16.2. The fraction of sp³-hybridized carbons (Fsp3) is 0.652. The van der Waals surface area contributed by atoms with Crippen LogP contribution in [0.2, 0.25) is 0 Å². The lowest BCUT2D eigenvalue weighted by Crippen LogP contribution is -2.55. The number of carbonyl (C=O) groups is 2. The minimum absolute atomic E-state index is 0.0352. The third-order valence-electron chi connectivity index (χ3n) is 7.95. The molecule has 3 saturated heterocycles. The van der Waals surface area contributed by atoms with Crippen LogP contribution >= 0.6 is 34.8 Å². The number of hydrogen-bond donors (Lipinski definition) is 0. The Labute approximate surface area is 213 Å². The van der Waals surface area contributed by atoms with Gasteiger partial charge in [-0.2, -0.15) is 5.06 Å². The van der Waals surface area contributed by atoms with Crippen LogP contribution in [-0.2, 0) is 24.5 Å². The van der Waals surface area contributed by atoms with Crippen LogP contribution in [0.15, 0.2) is 18.2 Å². The number of methoxy groups -OCH3 is 1. The van der Waals surface area contributed by atoms with Gasteiger partial charge in [-0.25, -0.2) is 4.79 Å². The van der Waals surface area contributed by atoms with Gasteiger partial charge in [-0.1, -0.05) is 47.8 Å². The highest BCUT2D eigenvalue weighted by atomic mass is 35.6. The first kappa shape index (κ1) is 24.3. The van der Waals surface area contributed by atoms with E-state index < -0.39 is 15.3 Å². The van der Waals surface area contributed by atoms with Gasteiger partial charge in [0.25, 0.3) is 5.91 Å². The molecule has 11 heteroatoms. The number of carbonyl (C=O) groups excluding carboxylic acids is 2. The van der Waals surface area contributed by atoms with E-state index in [9.17, 15) is 9.59 Å². The standard InChI is InChI=1S/C23H27Cl3N2O6/c1-4-16-13-8-19-22(15-6-5-12(31-2)7-17(15)28(32-3)20(22)29)9-18(14(13)10-33-19)27(16)21(30)34-11-23(24,25)26/h5-7,13-14,16,18-19H,4,8-11H2,1-3H3/t13-,14+,16-,18+,19-,22+/m1/s1. The largest absolute Gasteiger partial charge is 0.497 e. The molecular formula is C23H27Cl3N2O6. The van der Waals surface area contributed by atoms with Gasteiger partial charge in [-0.15, -0.1) is 0 Å². The number of halogens is 3. The maximum atomic E-state index is 14.0. The van der Waals surface area contributed by atoms with Crippen molar-refractivity contribution in [1.29, 1.82) is 0 Å². The molecule has 34 heavy (non-hydrogen) atoms. The van der Waals surface area contributed by atoms with Crippen molar-refractivity contribution in [2.45, 2.75) is 53.6 Å². The number of benzene rings is 1. The Morgan fingerprint density at radius 1 is 1.26 bits per heavy atom. The number of nitrogens with zero attached hydrogens (tertiary/aromatic N) is 2. The van der Waals surface area contributed by atoms with Gasteiger partial charge in [0.2, 0.25) is 3.79 Å². The molecule has 1 aromatic carbocycles. The fourth-order valence-corrected chi connectivity index (χ4v) is 6.82. The molecule has 0 unspecified atom stereocenters. The summed E-state index contributed by atoms with van der Waals surface area (Å²) in [4.78, 5) is 34.5. The smallest absolute Gasteiger partial charge is 0.410 e. The predicted molar refractivity (Wildman–Crippen MR) is 126 cm³/mol. The molecule has 1 spiro atoms. The first-order valence-corrected chi connectivity index (χ1v) is 12.5. The van der Waals surface area contributed by atoms with E-state index in [1.54, 1.807) is 18.1 Å². The van der Waals surface area contributed by atoms with E-state index in [-0.39, 0.29) is 42.5 Å². The van der Waals surface area contributed by atoms with Crippen LogP contribution in [0.3, 0.4) is 0 Å². The molecule has 0 N–H and O–H groups in total. The Kier molecular flexibility index (Phi) is 6.13. The van der Waals surface area contributed by atoms with Gasteiger partial charge in [0.05, 0.1) is 32.6 Å². The summed E-state index contributed by atoms with van der Waals surface area (Å²) >= 11 is 17.5. The molecule has 186 valence electrons. The monoisotopic (exact) mass is 532 g/mol. The highest BCUT2D eigenvalue weighted by Crippen LogP contribution is 2.59. The fourth-order valence-electron chi connectivity index (χ4n) is 6.66. The number of hydroxylamine groups is 1. The van der Waals surface area contributed by atoms with E-state index in [0.717, 1.165) is 12.0 Å². The number of amides is 2. The molecule has 5 aliphatic rings. The van der Waals surface area contributed by atoms with Crippen LogP contribution in [0.4, 0.5) is 10.5 Å². The number of anilines is 1. The molecule has 0 radical (unpaired) electrons. The first-order valence-electron chi connectivity index (χ1n) is 11.4. The molecular weight excluding hydrogens is 507 g/mol. The van der Waals surface area contributed by atoms with Crippen LogP contribution in [0.1, 0.15) is 31.7 Å². The summed E-state index contributed by atoms with van der Waals surface area (Å²) in [6.07, 6.45) is 0.951. The lowest BCUT2D eigenvalue weighted by Gasteiger charge is -2.42. The van der Waals surface area contributed by atoms with Crippen molar-refractivity contribution >= 4 is 52.5 Å². The molecule has 1 aliphatic carbocycles. The van der Waals surface area contributed by atoms with Crippen molar-refractivity contribution in [2.24, 2.45) is 11.8 Å². The molecule has 4 fully saturated rings. The van der Waals surface area contributed by atoms with Gasteiger partial charge in [-0.3, -0.25) is 9.63 Å². The summed E-state index contributed by atoms with van der Waals surface area (Å²) in [6, 6.07) is 5.24. The van der Waals surface area contributed by atoms with E-state index >= 15 is 0 Å². The highest BCUT2D eigenvalue weighted by Gasteiger charge is 2.67. The summed E-state index contributed by atoms with van der Waals surface area (Å²) in [5, 5.41) is 1.32. The Bertz CT molecular complexity index is 1000. The molecule has 0 aromatic heterocycles. The minimum Gasteiger partial charge on any atom is -0.497 e. The van der Waals surface area contributed by atoms with Crippen LogP contribution < -0.4 is 9.80 Å². The maximum absolute atomic E-state index is 14.0. The number of likely N-dealkylation sites (tertiary alicyclic amines) is 1. The zero-order chi connectivity index (χ0) is 24.4. The molecule has 1 aromatic rings. The van der Waals surface area contributed by atoms with Crippen LogP contribution in [-0.4, -0.2) is 66.3 Å². The number of fused-ring (bicyclic) bond motifs is 2. The molecule has 6 atom stereocenters. The summed E-state index contributed by atoms with van der Waals surface area (Å²) < 4.78 is 15.4. The van der Waals surface area contributed by atoms with Crippen molar-refractivity contribution in [1.82, 2.24) is 4.90 Å². The number of hydrogen-bond acceptors (Lipinski definition) is 6. The Morgan fingerprint density at radius 3 is 2.68 bits per heavy atom. The van der Waals surface area contributed by atoms with Gasteiger partial charge >= 0.3 is 6.09 Å². The van der Waals surface area contributed by atoms with Crippen molar-refractivity contribution in [3.05, 3.63) is 23.8 Å². The SMILES string of the molecule is CC[C@@H]1[C@@H]2C[C@H]3OC[C@@H]2[C@H](C[C@@]32C(=O)N(OC)c3cc(OC)ccc32)N1C(=O)OCC(Cl)(Cl)Cl. The molecule has 2 amide bonds. The predicted octanol–water partition coefficient (Wildman–Crippen LogP) is 4.24. The van der Waals surface area contributed by atoms with Gasteiger partial charge < -0.3 is 19.1 Å². The van der Waals surface area contributed by atoms with Gasteiger partial charge in [0.15, 0.2) is 0 Å². The van der Waals surface area contributed by atoms with E-state index in [4.69, 9.17) is 53.9 Å². The lowest BCUT2D eigenvalue weighted by molar-refractivity contribution is -0.139. The maximum Gasteiger partial charge on any atom is 0.410 e. The van der Waals surface area contributed by atoms with Crippen molar-refractivity contribution in [3.63, 3.8) is 0 Å². The van der Waals surface area contributed by atoms with Gasteiger partial charge in [-0.05, 0) is 36.8 Å². The second-order valence-corrected chi connectivity index (χ2v) is 11.9. The van der Waals surface area contributed by atoms with Crippen LogP contribution in [0.25, 0.3) is 0 Å². The van der Waals surface area contributed by atoms with Crippen molar-refractivity contribution < 1.29 is 28.6 Å². The highest BCUT2D eigenvalue weighted by molar-refractivity contribution is 6.67. The Morgan fingerprint density at radius 2 is 2.03 bits per heavy atom. The molecule has 1 saturated carbocycles. The summed E-state index contributed by atoms with van der Waals surface area (Å²) in [6.45, 7) is 2.17. The topological polar surface area (TPSA) is 77.5 Å². The quantitative estimate of drug-likeness (QED) is 0.539. The minimum atomic E-state index is -1.70. The number of ether oxygens (including phenoxy) is 3. The second-order valence-electron chi connectivity index (χ2n) is 9.35. The molecule has 4 bridgehead atoms. The third kappa shape index (κ3) is 3.48. The van der Waals surface area contributed by atoms with Crippen molar-refractivity contribution in [2.75, 3.05) is 32.5 Å². The lowest BCUT2D eigenvalue weighted by atomic mass is 9.71. The average Bonchev–Trinajstić information content (AvgIpc) is 3.11. The zero-order valence-electron chi connectivity index (χ0n) is 19.1. The van der Waals surface area contributed by atoms with Crippen LogP contribution in [0, 0.1) is 11.8 Å². The van der Waals surface area contributed by atoms with Crippen LogP contribution in [0.5, 0.6) is 5.75 Å². The van der Waals surface area contributed by atoms with Gasteiger partial charge in [0.1, 0.15) is 17.8 Å². The Balaban J connectivity index is 1.57. The normalized spacial score (nSPS) is 33.9.